The summed E-state index contributed by atoms with van der Waals surface area (Å²) in [4.78, 5) is 10.3. The standard InChI is InChI=1S/C16H19N5O3/c1-11(17)14-9-13(19-16(18)20-21(22)23)7-8-15(14)24-10-12-5-3-2-4-6-12/h2-9,11H,10,17H2,1H3,(H3,18,19,20). The van der Waals surface area contributed by atoms with Crippen molar-refractivity contribution in [3.63, 3.8) is 0 Å². The Hall–Kier alpha value is -3.13. The van der Waals surface area contributed by atoms with Crippen molar-refractivity contribution in [2.24, 2.45) is 16.6 Å². The summed E-state index contributed by atoms with van der Waals surface area (Å²) < 4.78 is 5.83. The van der Waals surface area contributed by atoms with E-state index in [9.17, 15) is 10.1 Å². The number of guanidine groups is 1. The molecule has 5 N–H and O–H groups in total. The van der Waals surface area contributed by atoms with Gasteiger partial charge in [0.15, 0.2) is 5.03 Å². The van der Waals surface area contributed by atoms with Crippen molar-refractivity contribution in [1.82, 2.24) is 0 Å². The molecular weight excluding hydrogens is 310 g/mol. The summed E-state index contributed by atoms with van der Waals surface area (Å²) in [5.74, 6) is 0.331. The number of hydrazone groups is 1. The number of hydrogen-bond acceptors (Lipinski definition) is 4. The Morgan fingerprint density at radius 3 is 2.67 bits per heavy atom. The van der Waals surface area contributed by atoms with Crippen LogP contribution in [-0.4, -0.2) is 11.0 Å². The molecule has 1 unspecified atom stereocenters. The molecular formula is C16H19N5O3. The largest absolute Gasteiger partial charge is 0.489 e. The summed E-state index contributed by atoms with van der Waals surface area (Å²) in [6.07, 6.45) is 0. The van der Waals surface area contributed by atoms with Gasteiger partial charge < -0.3 is 21.5 Å². The summed E-state index contributed by atoms with van der Waals surface area (Å²) >= 11 is 0. The van der Waals surface area contributed by atoms with Gasteiger partial charge in [-0.3, -0.25) is 0 Å². The Morgan fingerprint density at radius 2 is 2.04 bits per heavy atom. The van der Waals surface area contributed by atoms with Crippen LogP contribution in [0.15, 0.2) is 53.6 Å². The smallest absolute Gasteiger partial charge is 0.270 e. The van der Waals surface area contributed by atoms with E-state index in [1.165, 1.54) is 0 Å². The van der Waals surface area contributed by atoms with Crippen LogP contribution < -0.4 is 21.5 Å². The fourth-order valence-electron chi connectivity index (χ4n) is 2.11. The average molecular weight is 329 g/mol. The third-order valence-electron chi connectivity index (χ3n) is 3.20. The summed E-state index contributed by atoms with van der Waals surface area (Å²) in [5.41, 5.74) is 13.8. The Bertz CT molecular complexity index is 732. The van der Waals surface area contributed by atoms with Crippen molar-refractivity contribution >= 4 is 11.6 Å². The third-order valence-corrected chi connectivity index (χ3v) is 3.20. The lowest BCUT2D eigenvalue weighted by Gasteiger charge is -2.16. The highest BCUT2D eigenvalue weighted by atomic mass is 16.7. The highest BCUT2D eigenvalue weighted by molar-refractivity contribution is 5.91. The van der Waals surface area contributed by atoms with Gasteiger partial charge in [0.1, 0.15) is 17.5 Å². The fraction of sp³-hybridized carbons (Fsp3) is 0.188. The molecule has 0 heterocycles. The van der Waals surface area contributed by atoms with Gasteiger partial charge in [0.05, 0.1) is 0 Å². The maximum atomic E-state index is 10.3. The van der Waals surface area contributed by atoms with Crippen LogP contribution in [0.3, 0.4) is 0 Å². The first-order chi connectivity index (χ1) is 11.5. The van der Waals surface area contributed by atoms with Crippen LogP contribution in [0.4, 0.5) is 5.69 Å². The van der Waals surface area contributed by atoms with Crippen LogP contribution >= 0.6 is 0 Å². The van der Waals surface area contributed by atoms with E-state index in [0.717, 1.165) is 11.1 Å². The highest BCUT2D eigenvalue weighted by Gasteiger charge is 2.11. The molecule has 2 aromatic rings. The molecule has 0 bridgehead atoms. The first kappa shape index (κ1) is 17.2. The molecule has 0 aromatic heterocycles. The zero-order valence-corrected chi connectivity index (χ0v) is 13.2. The number of nitro groups is 1. The van der Waals surface area contributed by atoms with Crippen LogP contribution in [0.25, 0.3) is 0 Å². The van der Waals surface area contributed by atoms with Crippen molar-refractivity contribution < 1.29 is 9.77 Å². The number of nitrogens with zero attached hydrogens (tertiary/aromatic N) is 2. The SMILES string of the molecule is CC(N)c1cc(NC(N)=N[N+](=O)[O-])ccc1OCc1ccccc1. The maximum Gasteiger partial charge on any atom is 0.270 e. The molecule has 126 valence electrons. The van der Waals surface area contributed by atoms with E-state index < -0.39 is 5.03 Å². The number of nitrogens with one attached hydrogen (secondary N) is 1. The second-order valence-electron chi connectivity index (χ2n) is 5.16. The quantitative estimate of drug-likeness (QED) is 0.322. The van der Waals surface area contributed by atoms with Gasteiger partial charge in [0, 0.05) is 17.3 Å². The van der Waals surface area contributed by atoms with E-state index in [2.05, 4.69) is 10.4 Å². The van der Waals surface area contributed by atoms with Gasteiger partial charge in [-0.25, -0.2) is 10.1 Å². The van der Waals surface area contributed by atoms with Gasteiger partial charge in [-0.05, 0) is 30.7 Å². The van der Waals surface area contributed by atoms with E-state index in [1.807, 2.05) is 37.3 Å². The maximum absolute atomic E-state index is 10.3. The normalized spacial score (nSPS) is 12.5. The van der Waals surface area contributed by atoms with Gasteiger partial charge >= 0.3 is 0 Å². The fourth-order valence-corrected chi connectivity index (χ4v) is 2.11. The predicted octanol–water partition coefficient (Wildman–Crippen LogP) is 2.20. The second kappa shape index (κ2) is 7.93. The zero-order valence-electron chi connectivity index (χ0n) is 13.2. The van der Waals surface area contributed by atoms with Crippen molar-refractivity contribution in [2.45, 2.75) is 19.6 Å². The average Bonchev–Trinajstić information content (AvgIpc) is 2.53. The molecule has 2 aromatic carbocycles. The van der Waals surface area contributed by atoms with Gasteiger partial charge in [0.2, 0.25) is 0 Å². The summed E-state index contributed by atoms with van der Waals surface area (Å²) in [5, 5.41) is 15.1. The van der Waals surface area contributed by atoms with Crippen molar-refractivity contribution in [3.8, 4) is 5.75 Å². The molecule has 0 saturated carbocycles. The molecule has 0 aliphatic carbocycles. The van der Waals surface area contributed by atoms with E-state index >= 15 is 0 Å². The topological polar surface area (TPSA) is 129 Å². The Labute approximate surface area is 139 Å². The van der Waals surface area contributed by atoms with Gasteiger partial charge in [-0.1, -0.05) is 30.3 Å². The van der Waals surface area contributed by atoms with Crippen LogP contribution in [0.1, 0.15) is 24.1 Å². The zero-order chi connectivity index (χ0) is 17.5. The van der Waals surface area contributed by atoms with Crippen LogP contribution in [0, 0.1) is 10.1 Å². The minimum atomic E-state index is -0.869. The second-order valence-corrected chi connectivity index (χ2v) is 5.16. The molecule has 1 atom stereocenters. The Morgan fingerprint density at radius 1 is 1.33 bits per heavy atom. The number of hydrogen-bond donors (Lipinski definition) is 3. The molecule has 0 saturated heterocycles. The number of benzene rings is 2. The number of rotatable bonds is 6. The lowest BCUT2D eigenvalue weighted by molar-refractivity contribution is -0.485. The van der Waals surface area contributed by atoms with Crippen LogP contribution in [-0.2, 0) is 6.61 Å². The molecule has 0 aliphatic heterocycles. The van der Waals surface area contributed by atoms with Crippen molar-refractivity contribution in [2.75, 3.05) is 5.32 Å². The monoisotopic (exact) mass is 329 g/mol. The van der Waals surface area contributed by atoms with Gasteiger partial charge in [-0.15, -0.1) is 0 Å². The molecule has 8 heteroatoms. The van der Waals surface area contributed by atoms with E-state index in [0.29, 0.717) is 18.0 Å². The van der Waals surface area contributed by atoms with E-state index in [1.54, 1.807) is 18.2 Å². The van der Waals surface area contributed by atoms with Gasteiger partial charge in [0.25, 0.3) is 5.96 Å². The van der Waals surface area contributed by atoms with Crippen molar-refractivity contribution in [1.29, 1.82) is 0 Å². The third kappa shape index (κ3) is 4.96. The summed E-state index contributed by atoms with van der Waals surface area (Å²) in [6, 6.07) is 14.6. The van der Waals surface area contributed by atoms with Crippen molar-refractivity contribution in [3.05, 3.63) is 69.8 Å². The first-order valence-electron chi connectivity index (χ1n) is 7.27. The van der Waals surface area contributed by atoms with Crippen LogP contribution in [0.2, 0.25) is 0 Å². The first-order valence-corrected chi connectivity index (χ1v) is 7.27. The molecule has 24 heavy (non-hydrogen) atoms. The van der Waals surface area contributed by atoms with E-state index in [-0.39, 0.29) is 12.0 Å². The predicted molar refractivity (Wildman–Crippen MR) is 92.1 cm³/mol. The lowest BCUT2D eigenvalue weighted by atomic mass is 10.1. The highest BCUT2D eigenvalue weighted by Crippen LogP contribution is 2.28. The molecule has 0 amide bonds. The van der Waals surface area contributed by atoms with E-state index in [4.69, 9.17) is 16.2 Å². The summed E-state index contributed by atoms with van der Waals surface area (Å²) in [6.45, 7) is 2.24. The Balaban J connectivity index is 2.16. The molecule has 0 spiro atoms. The molecule has 0 fully saturated rings. The van der Waals surface area contributed by atoms with Crippen LogP contribution in [0.5, 0.6) is 5.75 Å². The number of anilines is 1. The number of nitrogens with two attached hydrogens (primary N) is 2. The summed E-state index contributed by atoms with van der Waals surface area (Å²) in [7, 11) is 0. The lowest BCUT2D eigenvalue weighted by Crippen LogP contribution is -2.24. The molecule has 8 nitrogen and oxygen atoms in total. The number of ether oxygens (including phenoxy) is 1. The minimum absolute atomic E-state index is 0.286. The Kier molecular flexibility index (Phi) is 5.69. The minimum Gasteiger partial charge on any atom is -0.489 e. The molecule has 2 rings (SSSR count). The molecule has 0 aliphatic rings. The molecule has 0 radical (unpaired) electrons. The van der Waals surface area contributed by atoms with Gasteiger partial charge in [-0.2, -0.15) is 0 Å².